The zero-order valence-corrected chi connectivity index (χ0v) is 19.3. The second-order valence-corrected chi connectivity index (χ2v) is 10.0. The number of rotatable bonds is 6. The Labute approximate surface area is 202 Å². The highest BCUT2D eigenvalue weighted by Crippen LogP contribution is 2.61. The summed E-state index contributed by atoms with van der Waals surface area (Å²) in [5, 5.41) is 21.8. The summed E-state index contributed by atoms with van der Waals surface area (Å²) in [6, 6.07) is 2.53. The lowest BCUT2D eigenvalue weighted by atomic mass is 9.56. The van der Waals surface area contributed by atoms with E-state index in [0.717, 1.165) is 69.0 Å². The fourth-order valence-corrected chi connectivity index (χ4v) is 6.21. The molecule has 1 saturated heterocycles. The average molecular weight is 487 g/mol. The molecule has 4 atom stereocenters. The quantitative estimate of drug-likeness (QED) is 0.466. The molecule has 7 rings (SSSR count). The van der Waals surface area contributed by atoms with Crippen molar-refractivity contribution >= 4 is 5.82 Å². The summed E-state index contributed by atoms with van der Waals surface area (Å²) in [6.07, 6.45) is 7.09. The number of allylic oxidation sites excluding steroid dienone is 4. The Morgan fingerprint density at radius 3 is 1.94 bits per heavy atom. The molecule has 2 N–H and O–H groups in total. The van der Waals surface area contributed by atoms with Gasteiger partial charge in [0.05, 0.1) is 5.56 Å². The highest BCUT2D eigenvalue weighted by molar-refractivity contribution is 5.59. The molecule has 1 aliphatic heterocycles. The first-order valence-electron chi connectivity index (χ1n) is 12.3. The Balaban J connectivity index is 0.998. The van der Waals surface area contributed by atoms with E-state index in [1.54, 1.807) is 4.57 Å². The predicted molar refractivity (Wildman–Crippen MR) is 126 cm³/mol. The fraction of sp³-hybridized carbons (Fsp3) is 0.500. The van der Waals surface area contributed by atoms with Gasteiger partial charge in [0.2, 0.25) is 0 Å². The minimum atomic E-state index is -4.37. The summed E-state index contributed by atoms with van der Waals surface area (Å²) in [7, 11) is 0. The van der Waals surface area contributed by atoms with Crippen LogP contribution in [0.2, 0.25) is 0 Å². The third kappa shape index (κ3) is 3.71. The molecule has 4 unspecified atom stereocenters. The molecule has 0 saturated carbocycles. The number of aromatic nitrogens is 2. The average Bonchev–Trinajstić information content (AvgIpc) is 3.08. The van der Waals surface area contributed by atoms with Gasteiger partial charge in [-0.15, -0.1) is 0 Å². The second-order valence-electron chi connectivity index (χ2n) is 10.0. The molecule has 1 fully saturated rings. The molecule has 0 amide bonds. The number of hydrogen-bond donors (Lipinski definition) is 2. The van der Waals surface area contributed by atoms with E-state index in [1.165, 1.54) is 6.07 Å². The van der Waals surface area contributed by atoms with Gasteiger partial charge in [0, 0.05) is 61.9 Å². The van der Waals surface area contributed by atoms with Gasteiger partial charge >= 0.3 is 6.18 Å². The van der Waals surface area contributed by atoms with Gasteiger partial charge < -0.3 is 15.1 Å². The van der Waals surface area contributed by atoms with Crippen LogP contribution >= 0.6 is 0 Å². The Hall–Kier alpha value is -2.94. The molecular formula is C26H29F3N4O2. The van der Waals surface area contributed by atoms with Gasteiger partial charge in [-0.2, -0.15) is 13.2 Å². The van der Waals surface area contributed by atoms with E-state index in [2.05, 4.69) is 34.2 Å². The SMILES string of the molecule is Oc1c2c(c(O)n1CCCCN1CCN(c3ccc(C(F)(F)F)cn3)CC1)C1C=CC2C2C=CC12. The molecule has 0 radical (unpaired) electrons. The largest absolute Gasteiger partial charge is 0.494 e. The van der Waals surface area contributed by atoms with Crippen molar-refractivity contribution in [3.05, 3.63) is 59.3 Å². The van der Waals surface area contributed by atoms with Gasteiger partial charge in [-0.3, -0.25) is 9.47 Å². The van der Waals surface area contributed by atoms with Gasteiger partial charge in [-0.05, 0) is 43.4 Å². The summed E-state index contributed by atoms with van der Waals surface area (Å²) in [4.78, 5) is 8.36. The van der Waals surface area contributed by atoms with Crippen LogP contribution in [0.5, 0.6) is 11.8 Å². The van der Waals surface area contributed by atoms with Crippen LogP contribution in [0.15, 0.2) is 42.6 Å². The molecule has 9 heteroatoms. The van der Waals surface area contributed by atoms with Crippen molar-refractivity contribution in [1.29, 1.82) is 0 Å². The number of hydrogen-bond acceptors (Lipinski definition) is 5. The van der Waals surface area contributed by atoms with Crippen LogP contribution < -0.4 is 4.90 Å². The minimum Gasteiger partial charge on any atom is -0.494 e. The summed E-state index contributed by atoms with van der Waals surface area (Å²) >= 11 is 0. The van der Waals surface area contributed by atoms with E-state index >= 15 is 0 Å². The molecule has 6 nitrogen and oxygen atoms in total. The molecule has 2 aromatic heterocycles. The zero-order valence-electron chi connectivity index (χ0n) is 19.3. The maximum atomic E-state index is 12.7. The Kier molecular flexibility index (Phi) is 5.36. The number of piperazine rings is 1. The Morgan fingerprint density at radius 2 is 1.43 bits per heavy atom. The number of halogens is 3. The third-order valence-electron chi connectivity index (χ3n) is 8.18. The smallest absolute Gasteiger partial charge is 0.417 e. The molecule has 5 aliphatic rings. The summed E-state index contributed by atoms with van der Waals surface area (Å²) in [5.41, 5.74) is 1.09. The van der Waals surface area contributed by atoms with E-state index in [-0.39, 0.29) is 23.6 Å². The molecule has 4 aliphatic carbocycles. The van der Waals surface area contributed by atoms with Gasteiger partial charge in [0.25, 0.3) is 0 Å². The lowest BCUT2D eigenvalue weighted by molar-refractivity contribution is -0.137. The minimum absolute atomic E-state index is 0.160. The number of pyridine rings is 1. The number of nitrogens with zero attached hydrogens (tertiary/aromatic N) is 4. The predicted octanol–water partition coefficient (Wildman–Crippen LogP) is 4.47. The number of unbranched alkanes of at least 4 members (excludes halogenated alkanes) is 1. The van der Waals surface area contributed by atoms with Crippen molar-refractivity contribution in [3.63, 3.8) is 0 Å². The normalized spacial score (nSPS) is 27.1. The van der Waals surface area contributed by atoms with Crippen LogP contribution in [0.4, 0.5) is 19.0 Å². The first-order valence-corrected chi connectivity index (χ1v) is 12.3. The van der Waals surface area contributed by atoms with Crippen LogP contribution in [0, 0.1) is 11.8 Å². The lowest BCUT2D eigenvalue weighted by Gasteiger charge is -2.47. The fourth-order valence-electron chi connectivity index (χ4n) is 6.21. The lowest BCUT2D eigenvalue weighted by Crippen LogP contribution is -2.46. The van der Waals surface area contributed by atoms with Crippen LogP contribution in [-0.4, -0.2) is 57.4 Å². The number of aromatic hydroxyl groups is 2. The summed E-state index contributed by atoms with van der Waals surface area (Å²) in [6.45, 7) is 4.55. The van der Waals surface area contributed by atoms with Gasteiger partial charge in [0.15, 0.2) is 11.8 Å². The number of anilines is 1. The maximum Gasteiger partial charge on any atom is 0.417 e. The monoisotopic (exact) mass is 486 g/mol. The molecule has 2 aromatic rings. The highest BCUT2D eigenvalue weighted by atomic mass is 19.4. The maximum absolute atomic E-state index is 12.7. The van der Waals surface area contributed by atoms with Crippen LogP contribution in [0.25, 0.3) is 0 Å². The molecule has 3 heterocycles. The Bertz CT molecular complexity index is 1120. The summed E-state index contributed by atoms with van der Waals surface area (Å²) in [5.74, 6) is 2.21. The first kappa shape index (κ1) is 22.5. The standard InChI is InChI=1S/C26H29F3N4O2/c27-26(28,29)16-3-8-21(30-15-16)32-13-11-31(12-14-32)9-1-2-10-33-24(34)22-19-6-7-20(23(22)25(33)35)18-5-4-17(18)19/h3-8,15,17-20,34-35H,1-2,9-14H2. The molecule has 2 bridgehead atoms. The van der Waals surface area contributed by atoms with Crippen LogP contribution in [-0.2, 0) is 12.7 Å². The second kappa shape index (κ2) is 8.33. The zero-order chi connectivity index (χ0) is 24.3. The summed E-state index contributed by atoms with van der Waals surface area (Å²) < 4.78 is 39.9. The topological polar surface area (TPSA) is 64.8 Å². The first-order chi connectivity index (χ1) is 16.8. The van der Waals surface area contributed by atoms with E-state index in [9.17, 15) is 23.4 Å². The highest BCUT2D eigenvalue weighted by Gasteiger charge is 2.49. The van der Waals surface area contributed by atoms with Gasteiger partial charge in [-0.1, -0.05) is 24.3 Å². The van der Waals surface area contributed by atoms with Gasteiger partial charge in [0.1, 0.15) is 5.82 Å². The van der Waals surface area contributed by atoms with E-state index in [1.807, 2.05) is 4.90 Å². The van der Waals surface area contributed by atoms with E-state index < -0.39 is 11.7 Å². The molecule has 0 spiro atoms. The molecule has 186 valence electrons. The third-order valence-corrected chi connectivity index (χ3v) is 8.18. The Morgan fingerprint density at radius 1 is 0.829 bits per heavy atom. The van der Waals surface area contributed by atoms with Crippen molar-refractivity contribution in [2.75, 3.05) is 37.6 Å². The van der Waals surface area contributed by atoms with Gasteiger partial charge in [-0.25, -0.2) is 4.98 Å². The van der Waals surface area contributed by atoms with Crippen molar-refractivity contribution in [1.82, 2.24) is 14.5 Å². The van der Waals surface area contributed by atoms with E-state index in [4.69, 9.17) is 0 Å². The van der Waals surface area contributed by atoms with Crippen molar-refractivity contribution in [2.45, 2.75) is 37.4 Å². The number of alkyl halides is 3. The molecule has 0 aromatic carbocycles. The molecule has 35 heavy (non-hydrogen) atoms. The van der Waals surface area contributed by atoms with Crippen LogP contribution in [0.1, 0.15) is 41.4 Å². The van der Waals surface area contributed by atoms with Crippen molar-refractivity contribution in [3.8, 4) is 11.8 Å². The van der Waals surface area contributed by atoms with Crippen molar-refractivity contribution in [2.24, 2.45) is 11.8 Å². The molecular weight excluding hydrogens is 457 g/mol. The van der Waals surface area contributed by atoms with E-state index in [0.29, 0.717) is 24.2 Å². The van der Waals surface area contributed by atoms with Crippen LogP contribution in [0.3, 0.4) is 0 Å². The van der Waals surface area contributed by atoms with Crippen molar-refractivity contribution < 1.29 is 23.4 Å².